The van der Waals surface area contributed by atoms with E-state index in [-0.39, 0.29) is 0 Å². The molecule has 0 unspecified atom stereocenters. The largest absolute Gasteiger partial charge is 0.494 e. The molecule has 0 amide bonds. The highest BCUT2D eigenvalue weighted by atomic mass is 16.5. The van der Waals surface area contributed by atoms with Gasteiger partial charge in [-0.3, -0.25) is 0 Å². The number of benzene rings is 1. The van der Waals surface area contributed by atoms with E-state index in [1.54, 1.807) is 0 Å². The van der Waals surface area contributed by atoms with Gasteiger partial charge in [-0.25, -0.2) is 4.98 Å². The first-order valence-electron chi connectivity index (χ1n) is 6.80. The summed E-state index contributed by atoms with van der Waals surface area (Å²) in [5, 5.41) is 6.38. The minimum atomic E-state index is 0.640. The van der Waals surface area contributed by atoms with Gasteiger partial charge < -0.3 is 15.4 Å². The molecule has 20 heavy (non-hydrogen) atoms. The summed E-state index contributed by atoms with van der Waals surface area (Å²) >= 11 is 0. The van der Waals surface area contributed by atoms with Crippen LogP contribution in [0, 0.1) is 6.92 Å². The van der Waals surface area contributed by atoms with Gasteiger partial charge >= 0.3 is 0 Å². The van der Waals surface area contributed by atoms with Gasteiger partial charge in [0, 0.05) is 24.0 Å². The number of anilines is 3. The van der Waals surface area contributed by atoms with E-state index in [0.29, 0.717) is 12.6 Å². The first-order chi connectivity index (χ1) is 9.71. The predicted molar refractivity (Wildman–Crippen MR) is 81.8 cm³/mol. The van der Waals surface area contributed by atoms with Gasteiger partial charge in [-0.15, -0.1) is 0 Å². The monoisotopic (exact) mass is 272 g/mol. The molecule has 0 atom stereocenters. The van der Waals surface area contributed by atoms with Crippen molar-refractivity contribution >= 4 is 17.5 Å². The highest BCUT2D eigenvalue weighted by Gasteiger charge is 2.02. The maximum absolute atomic E-state index is 5.42. The number of nitrogens with zero attached hydrogens (tertiary/aromatic N) is 2. The van der Waals surface area contributed by atoms with E-state index in [1.165, 1.54) is 0 Å². The van der Waals surface area contributed by atoms with E-state index in [9.17, 15) is 0 Å². The smallest absolute Gasteiger partial charge is 0.224 e. The molecule has 0 fully saturated rings. The fourth-order valence-electron chi connectivity index (χ4n) is 1.82. The molecule has 0 radical (unpaired) electrons. The Morgan fingerprint density at radius 2 is 1.85 bits per heavy atom. The molecule has 5 heteroatoms. The highest BCUT2D eigenvalue weighted by molar-refractivity contribution is 5.58. The van der Waals surface area contributed by atoms with Crippen LogP contribution in [-0.4, -0.2) is 23.1 Å². The molecule has 106 valence electrons. The second-order valence-corrected chi connectivity index (χ2v) is 4.33. The standard InChI is InChI=1S/C15H20N4O/c1-4-16-15-17-11(3)10-14(19-15)18-12-6-8-13(9-7-12)20-5-2/h6-10H,4-5H2,1-3H3,(H2,16,17,18,19). The van der Waals surface area contributed by atoms with E-state index in [1.807, 2.05) is 51.1 Å². The lowest BCUT2D eigenvalue weighted by atomic mass is 10.3. The fourth-order valence-corrected chi connectivity index (χ4v) is 1.82. The van der Waals surface area contributed by atoms with Crippen molar-refractivity contribution in [3.8, 4) is 5.75 Å². The number of aryl methyl sites for hydroxylation is 1. The van der Waals surface area contributed by atoms with E-state index < -0.39 is 0 Å². The summed E-state index contributed by atoms with van der Waals surface area (Å²) in [7, 11) is 0. The van der Waals surface area contributed by atoms with Crippen LogP contribution in [0.5, 0.6) is 5.75 Å². The number of ether oxygens (including phenoxy) is 1. The summed E-state index contributed by atoms with van der Waals surface area (Å²) in [6.45, 7) is 7.41. The van der Waals surface area contributed by atoms with Crippen LogP contribution in [0.2, 0.25) is 0 Å². The molecule has 0 saturated carbocycles. The van der Waals surface area contributed by atoms with Crippen LogP contribution in [0.15, 0.2) is 30.3 Å². The Kier molecular flexibility index (Phi) is 4.76. The molecule has 0 bridgehead atoms. The van der Waals surface area contributed by atoms with Crippen LogP contribution < -0.4 is 15.4 Å². The minimum Gasteiger partial charge on any atom is -0.494 e. The second-order valence-electron chi connectivity index (χ2n) is 4.33. The predicted octanol–water partition coefficient (Wildman–Crippen LogP) is 3.36. The Labute approximate surface area is 119 Å². The second kappa shape index (κ2) is 6.75. The third kappa shape index (κ3) is 3.85. The Hall–Kier alpha value is -2.30. The van der Waals surface area contributed by atoms with Crippen molar-refractivity contribution in [2.75, 3.05) is 23.8 Å². The zero-order chi connectivity index (χ0) is 14.4. The van der Waals surface area contributed by atoms with Crippen LogP contribution in [0.25, 0.3) is 0 Å². The molecule has 0 aliphatic rings. The maximum Gasteiger partial charge on any atom is 0.224 e. The Morgan fingerprint density at radius 3 is 2.50 bits per heavy atom. The number of rotatable bonds is 6. The third-order valence-electron chi connectivity index (χ3n) is 2.63. The average Bonchev–Trinajstić information content (AvgIpc) is 2.41. The summed E-state index contributed by atoms with van der Waals surface area (Å²) in [6, 6.07) is 9.72. The van der Waals surface area contributed by atoms with Crippen LogP contribution in [0.3, 0.4) is 0 Å². The molecule has 1 aromatic heterocycles. The molecule has 0 aliphatic heterocycles. The van der Waals surface area contributed by atoms with Crippen LogP contribution in [-0.2, 0) is 0 Å². The third-order valence-corrected chi connectivity index (χ3v) is 2.63. The number of hydrogen-bond acceptors (Lipinski definition) is 5. The molecule has 2 aromatic rings. The van der Waals surface area contributed by atoms with Gasteiger partial charge in [-0.2, -0.15) is 4.98 Å². The number of hydrogen-bond donors (Lipinski definition) is 2. The normalized spacial score (nSPS) is 10.2. The lowest BCUT2D eigenvalue weighted by molar-refractivity contribution is 0.340. The molecule has 1 heterocycles. The van der Waals surface area contributed by atoms with Crippen molar-refractivity contribution in [2.45, 2.75) is 20.8 Å². The maximum atomic E-state index is 5.42. The molecule has 0 saturated heterocycles. The van der Waals surface area contributed by atoms with Crippen LogP contribution >= 0.6 is 0 Å². The van der Waals surface area contributed by atoms with E-state index >= 15 is 0 Å². The highest BCUT2D eigenvalue weighted by Crippen LogP contribution is 2.20. The lowest BCUT2D eigenvalue weighted by Crippen LogP contribution is -2.05. The summed E-state index contributed by atoms with van der Waals surface area (Å²) < 4.78 is 5.42. The Bertz CT molecular complexity index is 554. The van der Waals surface area contributed by atoms with Crippen LogP contribution in [0.1, 0.15) is 19.5 Å². The molecule has 1 aromatic carbocycles. The van der Waals surface area contributed by atoms with Crippen molar-refractivity contribution in [3.05, 3.63) is 36.0 Å². The van der Waals surface area contributed by atoms with Crippen molar-refractivity contribution in [3.63, 3.8) is 0 Å². The van der Waals surface area contributed by atoms with Crippen molar-refractivity contribution in [1.29, 1.82) is 0 Å². The number of aromatic nitrogens is 2. The summed E-state index contributed by atoms with van der Waals surface area (Å²) in [6.07, 6.45) is 0. The van der Waals surface area contributed by atoms with Crippen molar-refractivity contribution < 1.29 is 4.74 Å². The topological polar surface area (TPSA) is 59.1 Å². The quantitative estimate of drug-likeness (QED) is 0.844. The lowest BCUT2D eigenvalue weighted by Gasteiger charge is -2.10. The SMILES string of the molecule is CCNc1nc(C)cc(Nc2ccc(OCC)cc2)n1. The Balaban J connectivity index is 2.12. The average molecular weight is 272 g/mol. The van der Waals surface area contributed by atoms with Crippen molar-refractivity contribution in [2.24, 2.45) is 0 Å². The van der Waals surface area contributed by atoms with Gasteiger partial charge in [0.15, 0.2) is 0 Å². The van der Waals surface area contributed by atoms with Crippen molar-refractivity contribution in [1.82, 2.24) is 9.97 Å². The zero-order valence-corrected chi connectivity index (χ0v) is 12.1. The van der Waals surface area contributed by atoms with E-state index in [2.05, 4.69) is 20.6 Å². The van der Waals surface area contributed by atoms with E-state index in [0.717, 1.165) is 29.5 Å². The zero-order valence-electron chi connectivity index (χ0n) is 12.1. The number of nitrogens with one attached hydrogen (secondary N) is 2. The molecule has 2 N–H and O–H groups in total. The minimum absolute atomic E-state index is 0.640. The molecule has 0 aliphatic carbocycles. The molecular weight excluding hydrogens is 252 g/mol. The van der Waals surface area contributed by atoms with Gasteiger partial charge in [-0.1, -0.05) is 0 Å². The first-order valence-corrected chi connectivity index (χ1v) is 6.80. The van der Waals surface area contributed by atoms with Gasteiger partial charge in [0.2, 0.25) is 5.95 Å². The van der Waals surface area contributed by atoms with Gasteiger partial charge in [0.25, 0.3) is 0 Å². The fraction of sp³-hybridized carbons (Fsp3) is 0.333. The first kappa shape index (κ1) is 14.1. The summed E-state index contributed by atoms with van der Waals surface area (Å²) in [4.78, 5) is 8.73. The van der Waals surface area contributed by atoms with Gasteiger partial charge in [0.1, 0.15) is 11.6 Å². The molecule has 0 spiro atoms. The molecular formula is C15H20N4O. The van der Waals surface area contributed by atoms with Gasteiger partial charge in [0.05, 0.1) is 6.61 Å². The Morgan fingerprint density at radius 1 is 1.10 bits per heavy atom. The van der Waals surface area contributed by atoms with Crippen LogP contribution in [0.4, 0.5) is 17.5 Å². The summed E-state index contributed by atoms with van der Waals surface area (Å²) in [5.41, 5.74) is 1.89. The molecule has 5 nitrogen and oxygen atoms in total. The van der Waals surface area contributed by atoms with E-state index in [4.69, 9.17) is 4.74 Å². The molecule has 2 rings (SSSR count). The summed E-state index contributed by atoms with van der Waals surface area (Å²) in [5.74, 6) is 2.28. The van der Waals surface area contributed by atoms with Gasteiger partial charge in [-0.05, 0) is 45.0 Å².